The average molecular weight is 272 g/mol. The Bertz CT molecular complexity index is 421. The molecule has 2 rings (SSSR count). The van der Waals surface area contributed by atoms with E-state index in [1.165, 1.54) is 0 Å². The third-order valence-electron chi connectivity index (χ3n) is 1.80. The molecule has 5 heteroatoms. The zero-order valence-corrected chi connectivity index (χ0v) is 10.1. The van der Waals surface area contributed by atoms with Gasteiger partial charge in [-0.25, -0.2) is 4.98 Å². The molecule has 74 valence electrons. The van der Waals surface area contributed by atoms with Crippen LogP contribution in [0.5, 0.6) is 0 Å². The number of hydrogen-bond donors (Lipinski definition) is 2. The molecule has 2 heterocycles. The number of aromatic nitrogens is 2. The highest BCUT2D eigenvalue weighted by molar-refractivity contribution is 9.10. The largest absolute Gasteiger partial charge is 0.340 e. The lowest BCUT2D eigenvalue weighted by atomic mass is 10.4. The van der Waals surface area contributed by atoms with E-state index < -0.39 is 0 Å². The van der Waals surface area contributed by atoms with Gasteiger partial charge in [-0.05, 0) is 29.0 Å². The van der Waals surface area contributed by atoms with Gasteiger partial charge in [0.05, 0.1) is 4.88 Å². The van der Waals surface area contributed by atoms with Gasteiger partial charge >= 0.3 is 0 Å². The van der Waals surface area contributed by atoms with Crippen LogP contribution in [-0.4, -0.2) is 17.0 Å². The van der Waals surface area contributed by atoms with Gasteiger partial charge in [0.2, 0.25) is 0 Å². The Morgan fingerprint density at radius 2 is 2.50 bits per heavy atom. The fourth-order valence-electron chi connectivity index (χ4n) is 1.20. The highest BCUT2D eigenvalue weighted by Gasteiger charge is 2.05. The standard InChI is InChI=1S/C9H10BrN3S/c1-11-3-7-4-12-9(13-7)8-2-6(10)5-14-8/h2,4-5,11H,3H2,1H3,(H,12,13). The summed E-state index contributed by atoms with van der Waals surface area (Å²) >= 11 is 5.10. The van der Waals surface area contributed by atoms with Crippen LogP contribution in [0, 0.1) is 0 Å². The van der Waals surface area contributed by atoms with Crippen LogP contribution in [-0.2, 0) is 6.54 Å². The summed E-state index contributed by atoms with van der Waals surface area (Å²) in [4.78, 5) is 8.72. The molecule has 0 aliphatic carbocycles. The summed E-state index contributed by atoms with van der Waals surface area (Å²) in [5.41, 5.74) is 1.10. The first-order chi connectivity index (χ1) is 6.79. The second kappa shape index (κ2) is 4.25. The van der Waals surface area contributed by atoms with Crippen LogP contribution in [0.4, 0.5) is 0 Å². The molecule has 2 N–H and O–H groups in total. The van der Waals surface area contributed by atoms with E-state index in [0.29, 0.717) is 0 Å². The monoisotopic (exact) mass is 271 g/mol. The Hall–Kier alpha value is -0.650. The molecular weight excluding hydrogens is 262 g/mol. The Kier molecular flexibility index (Phi) is 3.00. The number of H-pyrrole nitrogens is 1. The molecule has 2 aromatic heterocycles. The Morgan fingerprint density at radius 1 is 1.64 bits per heavy atom. The van der Waals surface area contributed by atoms with Crippen molar-refractivity contribution in [2.45, 2.75) is 6.54 Å². The summed E-state index contributed by atoms with van der Waals surface area (Å²) in [6.45, 7) is 0.819. The lowest BCUT2D eigenvalue weighted by molar-refractivity contribution is 0.797. The van der Waals surface area contributed by atoms with Gasteiger partial charge in [0.25, 0.3) is 0 Å². The van der Waals surface area contributed by atoms with Crippen molar-refractivity contribution in [3.05, 3.63) is 27.8 Å². The zero-order chi connectivity index (χ0) is 9.97. The number of aromatic amines is 1. The van der Waals surface area contributed by atoms with E-state index in [0.717, 1.165) is 27.4 Å². The van der Waals surface area contributed by atoms with Gasteiger partial charge in [0.1, 0.15) is 5.82 Å². The van der Waals surface area contributed by atoms with Gasteiger partial charge in [-0.2, -0.15) is 0 Å². The van der Waals surface area contributed by atoms with E-state index >= 15 is 0 Å². The summed E-state index contributed by atoms with van der Waals surface area (Å²) in [6, 6.07) is 2.06. The fourth-order valence-corrected chi connectivity index (χ4v) is 2.58. The molecule has 0 saturated carbocycles. The molecule has 0 atom stereocenters. The quantitative estimate of drug-likeness (QED) is 0.901. The summed E-state index contributed by atoms with van der Waals surface area (Å²) < 4.78 is 1.10. The second-order valence-electron chi connectivity index (χ2n) is 2.92. The maximum atomic E-state index is 4.31. The van der Waals surface area contributed by atoms with E-state index in [1.54, 1.807) is 11.3 Å². The highest BCUT2D eigenvalue weighted by atomic mass is 79.9. The van der Waals surface area contributed by atoms with Crippen molar-refractivity contribution in [2.75, 3.05) is 7.05 Å². The third kappa shape index (κ3) is 2.05. The van der Waals surface area contributed by atoms with Crippen molar-refractivity contribution in [2.24, 2.45) is 0 Å². The third-order valence-corrected chi connectivity index (χ3v) is 3.49. The van der Waals surface area contributed by atoms with E-state index in [9.17, 15) is 0 Å². The Labute approximate surface area is 94.7 Å². The van der Waals surface area contributed by atoms with Crippen LogP contribution < -0.4 is 5.32 Å². The molecule has 0 aromatic carbocycles. The zero-order valence-electron chi connectivity index (χ0n) is 7.67. The van der Waals surface area contributed by atoms with Gasteiger partial charge in [-0.1, -0.05) is 0 Å². The van der Waals surface area contributed by atoms with Crippen molar-refractivity contribution >= 4 is 27.3 Å². The molecule has 0 unspecified atom stereocenters. The average Bonchev–Trinajstić information content (AvgIpc) is 2.74. The van der Waals surface area contributed by atoms with E-state index in [4.69, 9.17) is 0 Å². The van der Waals surface area contributed by atoms with Gasteiger partial charge < -0.3 is 10.3 Å². The topological polar surface area (TPSA) is 40.7 Å². The first-order valence-corrected chi connectivity index (χ1v) is 5.90. The first kappa shape index (κ1) is 9.89. The fraction of sp³-hybridized carbons (Fsp3) is 0.222. The van der Waals surface area contributed by atoms with Crippen molar-refractivity contribution < 1.29 is 0 Å². The summed E-state index contributed by atoms with van der Waals surface area (Å²) in [5.74, 6) is 0.936. The van der Waals surface area contributed by atoms with Gasteiger partial charge in [0.15, 0.2) is 0 Å². The number of rotatable bonds is 3. The number of nitrogens with one attached hydrogen (secondary N) is 2. The van der Waals surface area contributed by atoms with Crippen molar-refractivity contribution in [3.8, 4) is 10.7 Å². The smallest absolute Gasteiger partial charge is 0.147 e. The molecule has 0 radical (unpaired) electrons. The molecule has 2 aromatic rings. The van der Waals surface area contributed by atoms with E-state index in [2.05, 4.69) is 42.7 Å². The van der Waals surface area contributed by atoms with Crippen molar-refractivity contribution in [1.82, 2.24) is 15.3 Å². The molecule has 0 aliphatic heterocycles. The lowest BCUT2D eigenvalue weighted by Gasteiger charge is -1.92. The maximum absolute atomic E-state index is 4.31. The Morgan fingerprint density at radius 3 is 3.14 bits per heavy atom. The highest BCUT2D eigenvalue weighted by Crippen LogP contribution is 2.27. The predicted molar refractivity (Wildman–Crippen MR) is 62.4 cm³/mol. The van der Waals surface area contributed by atoms with Crippen LogP contribution in [0.25, 0.3) is 10.7 Å². The molecule has 0 fully saturated rings. The first-order valence-electron chi connectivity index (χ1n) is 4.22. The minimum absolute atomic E-state index is 0.819. The van der Waals surface area contributed by atoms with Gasteiger partial charge in [-0.3, -0.25) is 0 Å². The van der Waals surface area contributed by atoms with Crippen LogP contribution in [0.3, 0.4) is 0 Å². The number of thiophene rings is 1. The molecule has 0 aliphatic rings. The van der Waals surface area contributed by atoms with E-state index in [1.807, 2.05) is 13.2 Å². The van der Waals surface area contributed by atoms with Crippen LogP contribution in [0.1, 0.15) is 5.69 Å². The predicted octanol–water partition coefficient (Wildman–Crippen LogP) is 2.62. The molecule has 0 amide bonds. The number of nitrogens with zero attached hydrogens (tertiary/aromatic N) is 1. The molecule has 0 saturated heterocycles. The Balaban J connectivity index is 2.24. The summed E-state index contributed by atoms with van der Waals surface area (Å²) in [7, 11) is 1.92. The van der Waals surface area contributed by atoms with E-state index in [-0.39, 0.29) is 0 Å². The molecular formula is C9H10BrN3S. The SMILES string of the molecule is CNCc1cnc(-c2cc(Br)cs2)[nH]1. The normalized spacial score (nSPS) is 10.7. The van der Waals surface area contributed by atoms with Crippen molar-refractivity contribution in [1.29, 1.82) is 0 Å². The van der Waals surface area contributed by atoms with Crippen LogP contribution >= 0.6 is 27.3 Å². The molecule has 0 spiro atoms. The molecule has 0 bridgehead atoms. The summed E-state index contributed by atoms with van der Waals surface area (Å²) in [6.07, 6.45) is 1.86. The van der Waals surface area contributed by atoms with Crippen LogP contribution in [0.15, 0.2) is 22.1 Å². The molecule has 14 heavy (non-hydrogen) atoms. The minimum Gasteiger partial charge on any atom is -0.340 e. The van der Waals surface area contributed by atoms with Crippen LogP contribution in [0.2, 0.25) is 0 Å². The lowest BCUT2D eigenvalue weighted by Crippen LogP contribution is -2.04. The minimum atomic E-state index is 0.819. The summed E-state index contributed by atoms with van der Waals surface area (Å²) in [5, 5.41) is 5.13. The number of hydrogen-bond acceptors (Lipinski definition) is 3. The van der Waals surface area contributed by atoms with Gasteiger partial charge in [-0.15, -0.1) is 11.3 Å². The number of imidazole rings is 1. The maximum Gasteiger partial charge on any atom is 0.147 e. The number of halogens is 1. The second-order valence-corrected chi connectivity index (χ2v) is 4.74. The molecule has 3 nitrogen and oxygen atoms in total. The van der Waals surface area contributed by atoms with Crippen molar-refractivity contribution in [3.63, 3.8) is 0 Å². The van der Waals surface area contributed by atoms with Gasteiger partial charge in [0, 0.05) is 28.3 Å².